The first-order valence-electron chi connectivity index (χ1n) is 13.0. The van der Waals surface area contributed by atoms with Crippen molar-refractivity contribution in [2.75, 3.05) is 18.0 Å². The first kappa shape index (κ1) is 31.0. The fourth-order valence-electron chi connectivity index (χ4n) is 4.20. The molecular formula is C30H36ClN3O5S. The molecule has 214 valence electrons. The van der Waals surface area contributed by atoms with E-state index in [1.165, 1.54) is 24.1 Å². The van der Waals surface area contributed by atoms with Crippen LogP contribution in [0.5, 0.6) is 5.75 Å². The summed E-state index contributed by atoms with van der Waals surface area (Å²) in [6.07, 6.45) is 0.338. The number of sulfonamides is 1. The molecule has 3 rings (SSSR count). The molecule has 3 aromatic rings. The van der Waals surface area contributed by atoms with Crippen LogP contribution >= 0.6 is 11.6 Å². The van der Waals surface area contributed by atoms with E-state index in [4.69, 9.17) is 16.3 Å². The monoisotopic (exact) mass is 585 g/mol. The number of halogens is 1. The number of carbonyl (C=O) groups excluding carboxylic acids is 2. The molecule has 0 bridgehead atoms. The highest BCUT2D eigenvalue weighted by molar-refractivity contribution is 7.92. The molecule has 3 aromatic carbocycles. The van der Waals surface area contributed by atoms with Gasteiger partial charge in [-0.1, -0.05) is 48.4 Å². The Morgan fingerprint density at radius 2 is 1.55 bits per heavy atom. The summed E-state index contributed by atoms with van der Waals surface area (Å²) in [6.45, 7) is 6.95. The molecule has 2 amide bonds. The average molecular weight is 586 g/mol. The number of methoxy groups -OCH3 is 1. The molecular weight excluding hydrogens is 550 g/mol. The van der Waals surface area contributed by atoms with Gasteiger partial charge in [0.05, 0.1) is 17.7 Å². The number of benzene rings is 3. The van der Waals surface area contributed by atoms with Crippen molar-refractivity contribution in [3.05, 3.63) is 88.9 Å². The second kappa shape index (κ2) is 13.7. The van der Waals surface area contributed by atoms with Crippen LogP contribution in [0.25, 0.3) is 0 Å². The molecule has 0 radical (unpaired) electrons. The second-order valence-electron chi connectivity index (χ2n) is 9.76. The average Bonchev–Trinajstić information content (AvgIpc) is 2.92. The summed E-state index contributed by atoms with van der Waals surface area (Å²) in [5.41, 5.74) is 1.95. The lowest BCUT2D eigenvalue weighted by Gasteiger charge is -2.33. The molecule has 0 spiro atoms. The summed E-state index contributed by atoms with van der Waals surface area (Å²) in [5.74, 6) is -0.284. The van der Waals surface area contributed by atoms with Gasteiger partial charge in [-0.2, -0.15) is 0 Å². The van der Waals surface area contributed by atoms with Gasteiger partial charge in [0.2, 0.25) is 11.8 Å². The normalized spacial score (nSPS) is 12.1. The highest BCUT2D eigenvalue weighted by atomic mass is 35.5. The van der Waals surface area contributed by atoms with Crippen molar-refractivity contribution in [2.24, 2.45) is 0 Å². The van der Waals surface area contributed by atoms with Gasteiger partial charge < -0.3 is 15.0 Å². The Morgan fingerprint density at radius 3 is 2.08 bits per heavy atom. The van der Waals surface area contributed by atoms with Crippen LogP contribution in [0.3, 0.4) is 0 Å². The number of carbonyl (C=O) groups is 2. The summed E-state index contributed by atoms with van der Waals surface area (Å²) < 4.78 is 34.1. The van der Waals surface area contributed by atoms with Crippen LogP contribution in [0, 0.1) is 6.92 Å². The maximum atomic E-state index is 14.0. The fraction of sp³-hybridized carbons (Fsp3) is 0.333. The third-order valence-corrected chi connectivity index (χ3v) is 8.37. The zero-order valence-corrected chi connectivity index (χ0v) is 25.0. The quantitative estimate of drug-likeness (QED) is 0.316. The predicted molar refractivity (Wildman–Crippen MR) is 158 cm³/mol. The van der Waals surface area contributed by atoms with E-state index in [1.54, 1.807) is 60.7 Å². The van der Waals surface area contributed by atoms with Crippen LogP contribution in [0.1, 0.15) is 38.3 Å². The lowest BCUT2D eigenvalue weighted by molar-refractivity contribution is -0.140. The molecule has 0 saturated heterocycles. The Bertz CT molecular complexity index is 1390. The lowest BCUT2D eigenvalue weighted by Crippen LogP contribution is -2.53. The van der Waals surface area contributed by atoms with Gasteiger partial charge in [0.25, 0.3) is 10.0 Å². The van der Waals surface area contributed by atoms with E-state index in [9.17, 15) is 18.0 Å². The number of hydrogen-bond donors (Lipinski definition) is 1. The van der Waals surface area contributed by atoms with Gasteiger partial charge in [0, 0.05) is 17.6 Å². The minimum Gasteiger partial charge on any atom is -0.497 e. The first-order valence-corrected chi connectivity index (χ1v) is 14.9. The van der Waals surface area contributed by atoms with Gasteiger partial charge in [0.1, 0.15) is 18.3 Å². The van der Waals surface area contributed by atoms with Gasteiger partial charge in [-0.25, -0.2) is 8.42 Å². The number of anilines is 1. The summed E-state index contributed by atoms with van der Waals surface area (Å²) in [5, 5.41) is 3.43. The zero-order valence-electron chi connectivity index (χ0n) is 23.4. The molecule has 0 fully saturated rings. The van der Waals surface area contributed by atoms with E-state index >= 15 is 0 Å². The summed E-state index contributed by atoms with van der Waals surface area (Å²) >= 11 is 6.06. The maximum absolute atomic E-state index is 14.0. The highest BCUT2D eigenvalue weighted by Crippen LogP contribution is 2.27. The van der Waals surface area contributed by atoms with E-state index in [2.05, 4.69) is 5.32 Å². The Labute approximate surface area is 241 Å². The van der Waals surface area contributed by atoms with Gasteiger partial charge in [-0.3, -0.25) is 13.9 Å². The molecule has 40 heavy (non-hydrogen) atoms. The number of amides is 2. The molecule has 1 N–H and O–H groups in total. The van der Waals surface area contributed by atoms with Crippen LogP contribution in [-0.4, -0.2) is 50.9 Å². The molecule has 0 heterocycles. The minimum atomic E-state index is -4.14. The van der Waals surface area contributed by atoms with Crippen molar-refractivity contribution >= 4 is 39.1 Å². The van der Waals surface area contributed by atoms with Gasteiger partial charge in [-0.05, 0) is 81.3 Å². The maximum Gasteiger partial charge on any atom is 0.264 e. The molecule has 10 heteroatoms. The van der Waals surface area contributed by atoms with Crippen molar-refractivity contribution < 1.29 is 22.7 Å². The third kappa shape index (κ3) is 7.76. The van der Waals surface area contributed by atoms with E-state index in [-0.39, 0.29) is 23.4 Å². The van der Waals surface area contributed by atoms with Crippen molar-refractivity contribution in [3.63, 3.8) is 0 Å². The Balaban J connectivity index is 2.06. The summed E-state index contributed by atoms with van der Waals surface area (Å²) in [7, 11) is -2.63. The second-order valence-corrected chi connectivity index (χ2v) is 12.1. The van der Waals surface area contributed by atoms with Crippen LogP contribution in [0.2, 0.25) is 5.02 Å². The zero-order chi connectivity index (χ0) is 29.4. The molecule has 8 nitrogen and oxygen atoms in total. The van der Waals surface area contributed by atoms with Crippen LogP contribution in [0.4, 0.5) is 5.69 Å². The van der Waals surface area contributed by atoms with Crippen LogP contribution in [-0.2, 0) is 26.2 Å². The molecule has 0 aromatic heterocycles. The minimum absolute atomic E-state index is 0.0514. The molecule has 0 unspecified atom stereocenters. The molecule has 0 aliphatic heterocycles. The van der Waals surface area contributed by atoms with Crippen molar-refractivity contribution in [1.29, 1.82) is 0 Å². The summed E-state index contributed by atoms with van der Waals surface area (Å²) in [6, 6.07) is 18.9. The predicted octanol–water partition coefficient (Wildman–Crippen LogP) is 5.18. The van der Waals surface area contributed by atoms with Crippen molar-refractivity contribution in [1.82, 2.24) is 10.2 Å². The van der Waals surface area contributed by atoms with Crippen molar-refractivity contribution in [2.45, 2.75) is 57.6 Å². The smallest absolute Gasteiger partial charge is 0.264 e. The van der Waals surface area contributed by atoms with Gasteiger partial charge in [0.15, 0.2) is 0 Å². The Kier molecular flexibility index (Phi) is 10.6. The van der Waals surface area contributed by atoms with Crippen LogP contribution in [0.15, 0.2) is 77.7 Å². The number of aryl methyl sites for hydroxylation is 1. The third-order valence-electron chi connectivity index (χ3n) is 6.33. The van der Waals surface area contributed by atoms with E-state index < -0.39 is 28.5 Å². The van der Waals surface area contributed by atoms with Gasteiger partial charge >= 0.3 is 0 Å². The van der Waals surface area contributed by atoms with E-state index in [0.29, 0.717) is 22.9 Å². The molecule has 0 aliphatic rings. The van der Waals surface area contributed by atoms with Crippen LogP contribution < -0.4 is 14.4 Å². The first-order chi connectivity index (χ1) is 19.0. The van der Waals surface area contributed by atoms with E-state index in [0.717, 1.165) is 15.4 Å². The Morgan fingerprint density at radius 1 is 0.950 bits per heavy atom. The lowest BCUT2D eigenvalue weighted by atomic mass is 10.1. The Hall–Kier alpha value is -3.56. The van der Waals surface area contributed by atoms with E-state index in [1.807, 2.05) is 27.7 Å². The highest BCUT2D eigenvalue weighted by Gasteiger charge is 2.33. The number of nitrogens with zero attached hydrogens (tertiary/aromatic N) is 2. The topological polar surface area (TPSA) is 96.0 Å². The molecule has 0 aliphatic carbocycles. The largest absolute Gasteiger partial charge is 0.497 e. The summed E-state index contributed by atoms with van der Waals surface area (Å²) in [4.78, 5) is 28.7. The number of ether oxygens (including phenoxy) is 1. The SMILES string of the molecule is CC[C@H](C(=O)NC(C)C)N(Cc1ccc(Cl)cc1)C(=O)CN(c1ccc(OC)cc1)S(=O)(=O)c1ccc(C)cc1. The molecule has 1 atom stereocenters. The van der Waals surface area contributed by atoms with Crippen molar-refractivity contribution in [3.8, 4) is 5.75 Å². The standard InChI is InChI=1S/C30H36ClN3O5S/c1-6-28(30(36)32-21(2)3)33(19-23-9-11-24(31)12-10-23)29(35)20-34(25-13-15-26(39-5)16-14-25)40(37,38)27-17-7-22(4)8-18-27/h7-18,21,28H,6,19-20H2,1-5H3,(H,32,36)/t28-/m1/s1. The molecule has 0 saturated carbocycles. The number of rotatable bonds is 12. The number of hydrogen-bond acceptors (Lipinski definition) is 5. The fourth-order valence-corrected chi connectivity index (χ4v) is 5.74. The number of nitrogens with one attached hydrogen (secondary N) is 1. The van der Waals surface area contributed by atoms with Gasteiger partial charge in [-0.15, -0.1) is 0 Å².